The van der Waals surface area contributed by atoms with Crippen LogP contribution in [0.1, 0.15) is 6.42 Å². The Kier molecular flexibility index (Phi) is 11.0. The second-order valence-corrected chi connectivity index (χ2v) is 13.5. The highest BCUT2D eigenvalue weighted by Gasteiger charge is 2.28. The molecule has 0 aliphatic heterocycles. The summed E-state index contributed by atoms with van der Waals surface area (Å²) >= 11 is 0.885. The second-order valence-electron chi connectivity index (χ2n) is 6.61. The minimum Gasteiger partial charge on any atom is -0.481 e. The van der Waals surface area contributed by atoms with Crippen LogP contribution in [-0.2, 0) is 28.6 Å². The number of esters is 2. The third-order valence-electron chi connectivity index (χ3n) is 3.15. The van der Waals surface area contributed by atoms with Crippen LogP contribution in [0.3, 0.4) is 0 Å². The van der Waals surface area contributed by atoms with Crippen LogP contribution in [0.4, 0.5) is 4.79 Å². The number of hydrogen-bond donors (Lipinski definition) is 2. The summed E-state index contributed by atoms with van der Waals surface area (Å²) in [5, 5.41) is 10.2. The molecule has 0 saturated heterocycles. The van der Waals surface area contributed by atoms with Gasteiger partial charge in [-0.05, 0) is 6.04 Å². The summed E-state index contributed by atoms with van der Waals surface area (Å²) in [7, 11) is 0.939. The Bertz CT molecular complexity index is 508. The van der Waals surface area contributed by atoms with Crippen LogP contribution >= 0.6 is 11.8 Å². The first-order chi connectivity index (χ1) is 12.0. The zero-order valence-corrected chi connectivity index (χ0v) is 17.5. The molecule has 0 aromatic carbocycles. The van der Waals surface area contributed by atoms with Crippen LogP contribution in [0.5, 0.6) is 0 Å². The SMILES string of the molecule is COC(=O)C(CC(=O)O)SC[C@H](NC(=O)OCC[Si](C)(C)C)C(=O)OC. The number of nitrogens with one attached hydrogen (secondary N) is 1. The molecule has 0 saturated carbocycles. The van der Waals surface area contributed by atoms with Gasteiger partial charge in [0.05, 0.1) is 27.2 Å². The van der Waals surface area contributed by atoms with Gasteiger partial charge in [-0.1, -0.05) is 19.6 Å². The Morgan fingerprint density at radius 1 is 1.08 bits per heavy atom. The van der Waals surface area contributed by atoms with Crippen LogP contribution in [-0.4, -0.2) is 75.1 Å². The lowest BCUT2D eigenvalue weighted by Gasteiger charge is -2.19. The summed E-state index contributed by atoms with van der Waals surface area (Å²) in [6, 6.07) is -0.300. The topological polar surface area (TPSA) is 128 Å². The fourth-order valence-electron chi connectivity index (χ4n) is 1.66. The molecule has 2 atom stereocenters. The van der Waals surface area contributed by atoms with E-state index >= 15 is 0 Å². The zero-order chi connectivity index (χ0) is 20.3. The first kappa shape index (κ1) is 24.2. The third-order valence-corrected chi connectivity index (χ3v) is 6.14. The first-order valence-electron chi connectivity index (χ1n) is 7.92. The van der Waals surface area contributed by atoms with Crippen molar-refractivity contribution in [2.45, 2.75) is 43.4 Å². The molecule has 0 fully saturated rings. The van der Waals surface area contributed by atoms with Gasteiger partial charge in [-0.3, -0.25) is 9.59 Å². The smallest absolute Gasteiger partial charge is 0.407 e. The summed E-state index contributed by atoms with van der Waals surface area (Å²) in [6.45, 7) is 6.65. The number of amides is 1. The molecule has 0 aliphatic rings. The van der Waals surface area contributed by atoms with E-state index in [1.807, 2.05) is 0 Å². The normalized spacial score (nSPS) is 13.3. The van der Waals surface area contributed by atoms with E-state index in [2.05, 4.69) is 34.4 Å². The standard InChI is InChI=1S/C15H27NO8SSi/c1-22-13(19)10(16-15(21)24-6-7-26(3,4)5)9-25-11(8-12(17)18)14(20)23-2/h10-11H,6-9H2,1-5H3,(H,16,21)(H,17,18)/t10-,11?/m0/s1. The molecule has 26 heavy (non-hydrogen) atoms. The number of thioether (sulfide) groups is 1. The number of carbonyl (C=O) groups excluding carboxylic acids is 3. The van der Waals surface area contributed by atoms with Crippen LogP contribution < -0.4 is 5.32 Å². The van der Waals surface area contributed by atoms with Gasteiger partial charge < -0.3 is 24.6 Å². The average molecular weight is 410 g/mol. The van der Waals surface area contributed by atoms with Crippen molar-refractivity contribution < 1.29 is 38.5 Å². The van der Waals surface area contributed by atoms with Gasteiger partial charge in [-0.2, -0.15) is 0 Å². The van der Waals surface area contributed by atoms with Gasteiger partial charge in [0.25, 0.3) is 0 Å². The quantitative estimate of drug-likeness (QED) is 0.295. The van der Waals surface area contributed by atoms with Gasteiger partial charge in [0, 0.05) is 13.8 Å². The molecular weight excluding hydrogens is 382 g/mol. The molecule has 9 nitrogen and oxygen atoms in total. The van der Waals surface area contributed by atoms with E-state index in [9.17, 15) is 19.2 Å². The highest BCUT2D eigenvalue weighted by molar-refractivity contribution is 8.00. The number of rotatable bonds is 11. The zero-order valence-electron chi connectivity index (χ0n) is 15.7. The van der Waals surface area contributed by atoms with Crippen molar-refractivity contribution >= 4 is 43.8 Å². The Hall–Kier alpha value is -1.75. The van der Waals surface area contributed by atoms with E-state index in [0.29, 0.717) is 0 Å². The molecule has 0 radical (unpaired) electrons. The first-order valence-corrected chi connectivity index (χ1v) is 12.7. The summed E-state index contributed by atoms with van der Waals surface area (Å²) in [5.74, 6) is -2.69. The van der Waals surface area contributed by atoms with Crippen molar-refractivity contribution in [3.8, 4) is 0 Å². The lowest BCUT2D eigenvalue weighted by Crippen LogP contribution is -2.44. The molecule has 0 rings (SSSR count). The van der Waals surface area contributed by atoms with E-state index in [1.165, 1.54) is 0 Å². The number of carboxylic acid groups (broad SMARTS) is 1. The Labute approximate surface area is 158 Å². The van der Waals surface area contributed by atoms with Crippen LogP contribution in [0.15, 0.2) is 0 Å². The lowest BCUT2D eigenvalue weighted by molar-refractivity contribution is -0.145. The van der Waals surface area contributed by atoms with Crippen molar-refractivity contribution in [3.05, 3.63) is 0 Å². The monoisotopic (exact) mass is 409 g/mol. The number of ether oxygens (including phenoxy) is 3. The highest BCUT2D eigenvalue weighted by Crippen LogP contribution is 2.18. The van der Waals surface area contributed by atoms with Gasteiger partial charge in [0.2, 0.25) is 0 Å². The maximum absolute atomic E-state index is 11.9. The van der Waals surface area contributed by atoms with Crippen LogP contribution in [0.2, 0.25) is 25.7 Å². The second kappa shape index (κ2) is 11.8. The molecule has 0 aliphatic carbocycles. The molecule has 2 N–H and O–H groups in total. The van der Waals surface area contributed by atoms with Crippen molar-refractivity contribution in [2.24, 2.45) is 0 Å². The van der Waals surface area contributed by atoms with Gasteiger partial charge >= 0.3 is 24.0 Å². The maximum Gasteiger partial charge on any atom is 0.407 e. The van der Waals surface area contributed by atoms with E-state index < -0.39 is 49.8 Å². The summed E-state index contributed by atoms with van der Waals surface area (Å²) < 4.78 is 14.2. The fraction of sp³-hybridized carbons (Fsp3) is 0.733. The molecular formula is C15H27NO8SSi. The fourth-order valence-corrected chi connectivity index (χ4v) is 3.51. The maximum atomic E-state index is 11.9. The lowest BCUT2D eigenvalue weighted by atomic mass is 10.3. The molecule has 150 valence electrons. The average Bonchev–Trinajstić information content (AvgIpc) is 2.54. The molecule has 0 heterocycles. The predicted molar refractivity (Wildman–Crippen MR) is 99.0 cm³/mol. The van der Waals surface area contributed by atoms with E-state index in [-0.39, 0.29) is 12.4 Å². The predicted octanol–water partition coefficient (Wildman–Crippen LogP) is 1.34. The van der Waals surface area contributed by atoms with Crippen molar-refractivity contribution in [2.75, 3.05) is 26.6 Å². The molecule has 0 aromatic rings. The largest absolute Gasteiger partial charge is 0.481 e. The molecule has 0 spiro atoms. The number of carbonyl (C=O) groups is 4. The number of aliphatic carboxylic acids is 1. The van der Waals surface area contributed by atoms with Crippen molar-refractivity contribution in [1.82, 2.24) is 5.32 Å². The number of methoxy groups -OCH3 is 2. The summed E-state index contributed by atoms with van der Waals surface area (Å²) in [5.41, 5.74) is 0. The van der Waals surface area contributed by atoms with Gasteiger partial charge in [-0.15, -0.1) is 11.8 Å². The highest BCUT2D eigenvalue weighted by atomic mass is 32.2. The van der Waals surface area contributed by atoms with Crippen molar-refractivity contribution in [1.29, 1.82) is 0 Å². The van der Waals surface area contributed by atoms with Crippen LogP contribution in [0, 0.1) is 0 Å². The minimum absolute atomic E-state index is 0.0666. The van der Waals surface area contributed by atoms with Crippen molar-refractivity contribution in [3.63, 3.8) is 0 Å². The molecule has 0 aromatic heterocycles. The minimum atomic E-state index is -1.36. The number of hydrogen-bond acceptors (Lipinski definition) is 8. The van der Waals surface area contributed by atoms with Gasteiger partial charge in [0.1, 0.15) is 11.3 Å². The summed E-state index contributed by atoms with van der Waals surface area (Å²) in [4.78, 5) is 46.1. The Morgan fingerprint density at radius 3 is 2.12 bits per heavy atom. The summed E-state index contributed by atoms with van der Waals surface area (Å²) in [6.07, 6.45) is -1.24. The van der Waals surface area contributed by atoms with E-state index in [1.54, 1.807) is 0 Å². The van der Waals surface area contributed by atoms with Gasteiger partial charge in [-0.25, -0.2) is 9.59 Å². The number of carboxylic acids is 1. The number of alkyl carbamates (subject to hydrolysis) is 1. The van der Waals surface area contributed by atoms with Crippen LogP contribution in [0.25, 0.3) is 0 Å². The Balaban J connectivity index is 4.73. The molecule has 0 bridgehead atoms. The van der Waals surface area contributed by atoms with E-state index in [0.717, 1.165) is 32.0 Å². The molecule has 1 unspecified atom stereocenters. The Morgan fingerprint density at radius 2 is 1.65 bits per heavy atom. The van der Waals surface area contributed by atoms with Gasteiger partial charge in [0.15, 0.2) is 0 Å². The van der Waals surface area contributed by atoms with E-state index in [4.69, 9.17) is 9.84 Å². The molecule has 1 amide bonds. The third kappa shape index (κ3) is 11.0. The molecule has 11 heteroatoms.